The van der Waals surface area contributed by atoms with E-state index in [1.165, 1.54) is 19.1 Å². The first kappa shape index (κ1) is 12.4. The lowest BCUT2D eigenvalue weighted by molar-refractivity contribution is -0.136. The Kier molecular flexibility index (Phi) is 4.16. The first-order valence-electron chi connectivity index (χ1n) is 4.73. The van der Waals surface area contributed by atoms with E-state index in [-0.39, 0.29) is 5.78 Å². The number of rotatable bonds is 4. The summed E-state index contributed by atoms with van der Waals surface area (Å²) >= 11 is 0. The van der Waals surface area contributed by atoms with Crippen LogP contribution in [-0.2, 0) is 4.79 Å². The number of benzene rings is 1. The Morgan fingerprint density at radius 3 is 2.38 bits per heavy atom. The summed E-state index contributed by atoms with van der Waals surface area (Å²) in [5.41, 5.74) is 5.80. The maximum absolute atomic E-state index is 11.2. The first-order chi connectivity index (χ1) is 7.54. The number of Topliss-reactive ketones (excluding diaryl/α,β-unsaturated/α-hetero) is 1. The van der Waals surface area contributed by atoms with Crippen molar-refractivity contribution in [1.82, 2.24) is 0 Å². The van der Waals surface area contributed by atoms with E-state index >= 15 is 0 Å². The molecule has 0 aliphatic rings. The van der Waals surface area contributed by atoms with Gasteiger partial charge in [-0.15, -0.1) is 0 Å². The van der Waals surface area contributed by atoms with E-state index in [2.05, 4.69) is 0 Å². The lowest BCUT2D eigenvalue weighted by Gasteiger charge is -2.08. The highest BCUT2D eigenvalue weighted by Gasteiger charge is 2.14. The molecule has 0 bridgehead atoms. The van der Waals surface area contributed by atoms with E-state index in [9.17, 15) is 9.59 Å². The highest BCUT2D eigenvalue weighted by molar-refractivity contribution is 5.94. The molecule has 0 spiro atoms. The molecule has 1 unspecified atom stereocenters. The third-order valence-corrected chi connectivity index (χ3v) is 1.98. The quantitative estimate of drug-likeness (QED) is 0.429. The molecule has 0 aliphatic heterocycles. The molecule has 1 rings (SSSR count). The average Bonchev–Trinajstić information content (AvgIpc) is 2.28. The Bertz CT molecular complexity index is 385. The first-order valence-corrected chi connectivity index (χ1v) is 4.73. The second-order valence-corrected chi connectivity index (χ2v) is 3.29. The molecule has 1 aromatic carbocycles. The van der Waals surface area contributed by atoms with E-state index in [1.54, 1.807) is 12.1 Å². The van der Waals surface area contributed by atoms with Crippen LogP contribution in [-0.4, -0.2) is 29.5 Å². The van der Waals surface area contributed by atoms with Crippen LogP contribution in [0.4, 0.5) is 0 Å². The van der Waals surface area contributed by atoms with E-state index in [0.29, 0.717) is 11.3 Å². The van der Waals surface area contributed by atoms with Gasteiger partial charge in [0, 0.05) is 5.56 Å². The van der Waals surface area contributed by atoms with Crippen LogP contribution in [0, 0.1) is 0 Å². The highest BCUT2D eigenvalue weighted by atomic mass is 16.5. The summed E-state index contributed by atoms with van der Waals surface area (Å²) in [6.07, 6.45) is 0. The molecule has 86 valence electrons. The highest BCUT2D eigenvalue weighted by Crippen LogP contribution is 2.13. The lowest BCUT2D eigenvalue weighted by atomic mass is 10.1. The van der Waals surface area contributed by atoms with Crippen LogP contribution in [0.3, 0.4) is 0 Å². The van der Waals surface area contributed by atoms with Crippen molar-refractivity contribution in [2.24, 2.45) is 5.73 Å². The van der Waals surface area contributed by atoms with E-state index in [0.717, 1.165) is 0 Å². The molecule has 0 saturated carbocycles. The minimum absolute atomic E-state index is 0.0649. The molecular weight excluding hydrogens is 210 g/mol. The molecule has 0 aromatic heterocycles. The summed E-state index contributed by atoms with van der Waals surface area (Å²) in [7, 11) is 0. The smallest absolute Gasteiger partial charge is 0.330 e. The normalized spacial score (nSPS) is 11.9. The van der Waals surface area contributed by atoms with Crippen LogP contribution < -0.4 is 10.5 Å². The fourth-order valence-electron chi connectivity index (χ4n) is 1.02. The molecule has 5 heteroatoms. The van der Waals surface area contributed by atoms with Crippen molar-refractivity contribution in [3.63, 3.8) is 0 Å². The Balaban J connectivity index is 2.69. The van der Waals surface area contributed by atoms with Gasteiger partial charge in [0.1, 0.15) is 11.8 Å². The summed E-state index contributed by atoms with van der Waals surface area (Å²) in [5.74, 6) is -0.484. The zero-order valence-electron chi connectivity index (χ0n) is 8.84. The number of esters is 1. The Labute approximate surface area is 92.8 Å². The third kappa shape index (κ3) is 3.15. The van der Waals surface area contributed by atoms with Gasteiger partial charge < -0.3 is 15.6 Å². The second kappa shape index (κ2) is 5.39. The number of aliphatic hydroxyl groups excluding tert-OH is 1. The fourth-order valence-corrected chi connectivity index (χ4v) is 1.02. The standard InChI is InChI=1S/C11H13NO4/c1-7(14)8-2-4-9(5-3-8)16-11(15)10(12)6-13/h2-5,10,13H,6,12H2,1H3. The molecular formula is C11H13NO4. The van der Waals surface area contributed by atoms with E-state index < -0.39 is 18.6 Å². The van der Waals surface area contributed by atoms with Gasteiger partial charge in [-0.2, -0.15) is 0 Å². The average molecular weight is 223 g/mol. The molecule has 3 N–H and O–H groups in total. The predicted octanol–water partition coefficient (Wildman–Crippen LogP) is 0.114. The van der Waals surface area contributed by atoms with Gasteiger partial charge in [-0.1, -0.05) is 0 Å². The molecule has 0 radical (unpaired) electrons. The molecule has 5 nitrogen and oxygen atoms in total. The number of hydrogen-bond donors (Lipinski definition) is 2. The van der Waals surface area contributed by atoms with Gasteiger partial charge >= 0.3 is 5.97 Å². The summed E-state index contributed by atoms with van der Waals surface area (Å²) < 4.78 is 4.87. The summed E-state index contributed by atoms with van der Waals surface area (Å²) in [6.45, 7) is 0.979. The third-order valence-electron chi connectivity index (χ3n) is 1.98. The maximum Gasteiger partial charge on any atom is 0.330 e. The van der Waals surface area contributed by atoms with Crippen molar-refractivity contribution >= 4 is 11.8 Å². The number of aliphatic hydroxyl groups is 1. The lowest BCUT2D eigenvalue weighted by Crippen LogP contribution is -2.37. The van der Waals surface area contributed by atoms with Gasteiger partial charge in [0.05, 0.1) is 6.61 Å². The maximum atomic E-state index is 11.2. The minimum atomic E-state index is -1.05. The van der Waals surface area contributed by atoms with Crippen molar-refractivity contribution in [2.75, 3.05) is 6.61 Å². The van der Waals surface area contributed by atoms with Crippen molar-refractivity contribution < 1.29 is 19.4 Å². The molecule has 1 atom stereocenters. The van der Waals surface area contributed by atoms with Crippen molar-refractivity contribution in [2.45, 2.75) is 13.0 Å². The van der Waals surface area contributed by atoms with Crippen LogP contribution in [0.25, 0.3) is 0 Å². The van der Waals surface area contributed by atoms with Crippen LogP contribution in [0.5, 0.6) is 5.75 Å². The van der Waals surface area contributed by atoms with Gasteiger partial charge in [0.2, 0.25) is 0 Å². The number of carbonyl (C=O) groups is 2. The molecule has 0 saturated heterocycles. The topological polar surface area (TPSA) is 89.6 Å². The monoisotopic (exact) mass is 223 g/mol. The number of hydrogen-bond acceptors (Lipinski definition) is 5. The largest absolute Gasteiger partial charge is 0.425 e. The van der Waals surface area contributed by atoms with Crippen LogP contribution >= 0.6 is 0 Å². The number of ether oxygens (including phenoxy) is 1. The summed E-state index contributed by atoms with van der Waals surface area (Å²) in [5, 5.41) is 8.63. The Morgan fingerprint density at radius 2 is 1.94 bits per heavy atom. The zero-order chi connectivity index (χ0) is 12.1. The van der Waals surface area contributed by atoms with Gasteiger partial charge in [-0.05, 0) is 31.2 Å². The predicted molar refractivity (Wildman–Crippen MR) is 57.1 cm³/mol. The molecule has 0 aliphatic carbocycles. The van der Waals surface area contributed by atoms with E-state index in [1.807, 2.05) is 0 Å². The molecule has 0 amide bonds. The van der Waals surface area contributed by atoms with Crippen LogP contribution in [0.15, 0.2) is 24.3 Å². The van der Waals surface area contributed by atoms with Crippen LogP contribution in [0.1, 0.15) is 17.3 Å². The van der Waals surface area contributed by atoms with E-state index in [4.69, 9.17) is 15.6 Å². The van der Waals surface area contributed by atoms with Crippen LogP contribution in [0.2, 0.25) is 0 Å². The fraction of sp³-hybridized carbons (Fsp3) is 0.273. The minimum Gasteiger partial charge on any atom is -0.425 e. The van der Waals surface area contributed by atoms with Crippen molar-refractivity contribution in [3.05, 3.63) is 29.8 Å². The van der Waals surface area contributed by atoms with Crippen molar-refractivity contribution in [3.8, 4) is 5.75 Å². The second-order valence-electron chi connectivity index (χ2n) is 3.29. The number of ketones is 1. The Hall–Kier alpha value is -1.72. The zero-order valence-corrected chi connectivity index (χ0v) is 8.84. The van der Waals surface area contributed by atoms with Gasteiger partial charge in [-0.3, -0.25) is 4.79 Å². The number of nitrogens with two attached hydrogens (primary N) is 1. The molecule has 0 fully saturated rings. The summed E-state index contributed by atoms with van der Waals surface area (Å²) in [6, 6.07) is 5.05. The Morgan fingerprint density at radius 1 is 1.38 bits per heavy atom. The molecule has 1 aromatic rings. The number of carbonyl (C=O) groups excluding carboxylic acids is 2. The van der Waals surface area contributed by atoms with Gasteiger partial charge in [-0.25, -0.2) is 4.79 Å². The molecule has 16 heavy (non-hydrogen) atoms. The summed E-state index contributed by atoms with van der Waals surface area (Å²) in [4.78, 5) is 22.2. The van der Waals surface area contributed by atoms with Gasteiger partial charge in [0.15, 0.2) is 5.78 Å². The van der Waals surface area contributed by atoms with Crippen molar-refractivity contribution in [1.29, 1.82) is 0 Å². The van der Waals surface area contributed by atoms with Gasteiger partial charge in [0.25, 0.3) is 0 Å². The SMILES string of the molecule is CC(=O)c1ccc(OC(=O)C(N)CO)cc1. The molecule has 0 heterocycles.